The highest BCUT2D eigenvalue weighted by Crippen LogP contribution is 2.42. The fourth-order valence-corrected chi connectivity index (χ4v) is 3.67. The topological polar surface area (TPSA) is 54.0 Å². The van der Waals surface area contributed by atoms with Crippen molar-refractivity contribution in [2.24, 2.45) is 0 Å². The Bertz CT molecular complexity index is 646. The molecule has 2 aliphatic rings. The van der Waals surface area contributed by atoms with Crippen molar-refractivity contribution < 1.29 is 4.79 Å². The smallest absolute Gasteiger partial charge is 0.265 e. The standard InChI is InChI=1S/C14H13N3OS/c18-13-12-10(16-14(17-13)4-1-5-14)8-11(19-12)9-2-6-15-7-3-9/h2-3,6-8,16H,1,4-5H2,(H,17,18). The molecular weight excluding hydrogens is 258 g/mol. The van der Waals surface area contributed by atoms with E-state index in [1.165, 1.54) is 17.8 Å². The normalized spacial score (nSPS) is 19.3. The number of aromatic nitrogens is 1. The molecule has 19 heavy (non-hydrogen) atoms. The third kappa shape index (κ3) is 1.65. The summed E-state index contributed by atoms with van der Waals surface area (Å²) in [6.45, 7) is 0. The van der Waals surface area contributed by atoms with E-state index in [1.807, 2.05) is 12.1 Å². The van der Waals surface area contributed by atoms with Crippen molar-refractivity contribution in [2.75, 3.05) is 5.32 Å². The van der Waals surface area contributed by atoms with Gasteiger partial charge in [0.2, 0.25) is 0 Å². The second-order valence-electron chi connectivity index (χ2n) is 5.10. The summed E-state index contributed by atoms with van der Waals surface area (Å²) in [5.41, 5.74) is 1.90. The Balaban J connectivity index is 1.76. The summed E-state index contributed by atoms with van der Waals surface area (Å²) in [6, 6.07) is 6.01. The minimum atomic E-state index is -0.180. The van der Waals surface area contributed by atoms with Gasteiger partial charge in [0.25, 0.3) is 5.91 Å². The van der Waals surface area contributed by atoms with Crippen LogP contribution in [0.15, 0.2) is 30.6 Å². The zero-order valence-corrected chi connectivity index (χ0v) is 11.1. The van der Waals surface area contributed by atoms with Crippen LogP contribution in [0.4, 0.5) is 5.69 Å². The van der Waals surface area contributed by atoms with Crippen LogP contribution in [0.1, 0.15) is 28.9 Å². The quantitative estimate of drug-likeness (QED) is 0.838. The first-order valence-corrected chi connectivity index (χ1v) is 7.22. The van der Waals surface area contributed by atoms with Gasteiger partial charge in [0.15, 0.2) is 0 Å². The molecule has 0 unspecified atom stereocenters. The molecule has 3 heterocycles. The molecule has 1 aliphatic carbocycles. The number of carbonyl (C=O) groups excluding carboxylic acids is 1. The van der Waals surface area contributed by atoms with E-state index in [-0.39, 0.29) is 11.6 Å². The lowest BCUT2D eigenvalue weighted by atomic mass is 9.83. The van der Waals surface area contributed by atoms with E-state index in [9.17, 15) is 4.79 Å². The van der Waals surface area contributed by atoms with Gasteiger partial charge in [-0.1, -0.05) is 0 Å². The average molecular weight is 271 g/mol. The zero-order valence-electron chi connectivity index (χ0n) is 10.3. The van der Waals surface area contributed by atoms with Crippen molar-refractivity contribution in [2.45, 2.75) is 24.9 Å². The molecule has 2 aromatic heterocycles. The maximum atomic E-state index is 12.2. The van der Waals surface area contributed by atoms with Crippen LogP contribution >= 0.6 is 11.3 Å². The first kappa shape index (κ1) is 11.0. The van der Waals surface area contributed by atoms with Gasteiger partial charge in [0.05, 0.1) is 5.69 Å². The first-order chi connectivity index (χ1) is 9.26. The molecule has 2 aromatic rings. The van der Waals surface area contributed by atoms with E-state index in [4.69, 9.17) is 0 Å². The summed E-state index contributed by atoms with van der Waals surface area (Å²) < 4.78 is 0. The zero-order chi connectivity index (χ0) is 12.9. The molecular formula is C14H13N3OS. The molecule has 4 rings (SSSR count). The summed E-state index contributed by atoms with van der Waals surface area (Å²) in [7, 11) is 0. The monoisotopic (exact) mass is 271 g/mol. The second kappa shape index (κ2) is 3.81. The minimum Gasteiger partial charge on any atom is -0.361 e. The van der Waals surface area contributed by atoms with E-state index >= 15 is 0 Å². The van der Waals surface area contributed by atoms with Crippen LogP contribution in [0.3, 0.4) is 0 Å². The summed E-state index contributed by atoms with van der Waals surface area (Å²) in [4.78, 5) is 18.1. The lowest BCUT2D eigenvalue weighted by Gasteiger charge is -2.46. The van der Waals surface area contributed by atoms with E-state index < -0.39 is 0 Å². The fraction of sp³-hybridized carbons (Fsp3) is 0.286. The Morgan fingerprint density at radius 1 is 1.21 bits per heavy atom. The second-order valence-corrected chi connectivity index (χ2v) is 6.16. The molecule has 2 N–H and O–H groups in total. The van der Waals surface area contributed by atoms with Gasteiger partial charge in [-0.05, 0) is 43.0 Å². The molecule has 0 atom stereocenters. The molecule has 1 saturated carbocycles. The summed E-state index contributed by atoms with van der Waals surface area (Å²) in [5, 5.41) is 6.59. The van der Waals surface area contributed by atoms with Crippen molar-refractivity contribution in [1.82, 2.24) is 10.3 Å². The number of fused-ring (bicyclic) bond motifs is 1. The van der Waals surface area contributed by atoms with E-state index in [2.05, 4.69) is 21.7 Å². The van der Waals surface area contributed by atoms with Crippen LogP contribution in [0.5, 0.6) is 0 Å². The molecule has 96 valence electrons. The van der Waals surface area contributed by atoms with E-state index in [0.717, 1.165) is 33.8 Å². The highest BCUT2D eigenvalue weighted by molar-refractivity contribution is 7.18. The number of pyridine rings is 1. The third-order valence-corrected chi connectivity index (χ3v) is 5.02. The van der Waals surface area contributed by atoms with Crippen molar-refractivity contribution in [3.63, 3.8) is 0 Å². The van der Waals surface area contributed by atoms with Crippen molar-refractivity contribution in [1.29, 1.82) is 0 Å². The Labute approximate surface area is 114 Å². The number of carbonyl (C=O) groups is 1. The number of anilines is 1. The first-order valence-electron chi connectivity index (χ1n) is 6.41. The lowest BCUT2D eigenvalue weighted by molar-refractivity contribution is 0.0849. The Hall–Kier alpha value is -1.88. The highest BCUT2D eigenvalue weighted by atomic mass is 32.1. The van der Waals surface area contributed by atoms with Crippen LogP contribution in [0, 0.1) is 0 Å². The molecule has 1 fully saturated rings. The van der Waals surface area contributed by atoms with Gasteiger partial charge in [-0.15, -0.1) is 11.3 Å². The Morgan fingerprint density at radius 3 is 2.68 bits per heavy atom. The molecule has 1 amide bonds. The molecule has 0 radical (unpaired) electrons. The summed E-state index contributed by atoms with van der Waals surface area (Å²) in [5.74, 6) is 0.0544. The van der Waals surface area contributed by atoms with Crippen molar-refractivity contribution in [3.05, 3.63) is 35.5 Å². The molecule has 5 heteroatoms. The van der Waals surface area contributed by atoms with Crippen molar-refractivity contribution >= 4 is 22.9 Å². The summed E-state index contributed by atoms with van der Waals surface area (Å²) >= 11 is 1.53. The maximum absolute atomic E-state index is 12.2. The number of rotatable bonds is 1. The molecule has 0 aromatic carbocycles. The highest BCUT2D eigenvalue weighted by Gasteiger charge is 2.43. The van der Waals surface area contributed by atoms with Gasteiger partial charge in [-0.3, -0.25) is 9.78 Å². The van der Waals surface area contributed by atoms with Gasteiger partial charge in [0, 0.05) is 17.3 Å². The number of nitrogens with one attached hydrogen (secondary N) is 2. The number of hydrogen-bond acceptors (Lipinski definition) is 4. The largest absolute Gasteiger partial charge is 0.361 e. The predicted octanol–water partition coefficient (Wildman–Crippen LogP) is 2.85. The number of hydrogen-bond donors (Lipinski definition) is 2. The molecule has 4 nitrogen and oxygen atoms in total. The maximum Gasteiger partial charge on any atom is 0.265 e. The Morgan fingerprint density at radius 2 is 2.00 bits per heavy atom. The molecule has 1 spiro atoms. The average Bonchev–Trinajstić information content (AvgIpc) is 2.82. The van der Waals surface area contributed by atoms with Crippen LogP contribution in [-0.4, -0.2) is 16.6 Å². The third-order valence-electron chi connectivity index (χ3n) is 3.84. The van der Waals surface area contributed by atoms with Crippen LogP contribution in [-0.2, 0) is 0 Å². The minimum absolute atomic E-state index is 0.0544. The van der Waals surface area contributed by atoms with Crippen molar-refractivity contribution in [3.8, 4) is 10.4 Å². The van der Waals surface area contributed by atoms with E-state index in [1.54, 1.807) is 12.4 Å². The van der Waals surface area contributed by atoms with Crippen LogP contribution < -0.4 is 10.6 Å². The molecule has 0 saturated heterocycles. The number of amides is 1. The Kier molecular flexibility index (Phi) is 2.20. The fourth-order valence-electron chi connectivity index (χ4n) is 2.65. The van der Waals surface area contributed by atoms with Crippen LogP contribution in [0.25, 0.3) is 10.4 Å². The van der Waals surface area contributed by atoms with Gasteiger partial charge in [0.1, 0.15) is 10.5 Å². The van der Waals surface area contributed by atoms with E-state index in [0.29, 0.717) is 0 Å². The van der Waals surface area contributed by atoms with Gasteiger partial charge in [-0.2, -0.15) is 0 Å². The SMILES string of the molecule is O=C1NC2(CCC2)Nc2cc(-c3ccncc3)sc21. The van der Waals surface area contributed by atoms with Gasteiger partial charge >= 0.3 is 0 Å². The molecule has 1 aliphatic heterocycles. The number of nitrogens with zero attached hydrogens (tertiary/aromatic N) is 1. The molecule has 0 bridgehead atoms. The number of thiophene rings is 1. The lowest BCUT2D eigenvalue weighted by Crippen LogP contribution is -2.61. The van der Waals surface area contributed by atoms with Crippen LogP contribution in [0.2, 0.25) is 0 Å². The van der Waals surface area contributed by atoms with Gasteiger partial charge in [-0.25, -0.2) is 0 Å². The van der Waals surface area contributed by atoms with Gasteiger partial charge < -0.3 is 10.6 Å². The predicted molar refractivity (Wildman–Crippen MR) is 75.2 cm³/mol. The summed E-state index contributed by atoms with van der Waals surface area (Å²) in [6.07, 6.45) is 6.74.